The van der Waals surface area contributed by atoms with Crippen LogP contribution in [0.3, 0.4) is 0 Å². The van der Waals surface area contributed by atoms with Gasteiger partial charge < -0.3 is 10.1 Å². The Bertz CT molecular complexity index is 517. The van der Waals surface area contributed by atoms with E-state index in [9.17, 15) is 0 Å². The van der Waals surface area contributed by atoms with Crippen molar-refractivity contribution in [2.45, 2.75) is 10.6 Å². The van der Waals surface area contributed by atoms with E-state index in [0.29, 0.717) is 0 Å². The third kappa shape index (κ3) is 3.17. The first-order valence-corrected chi connectivity index (χ1v) is 6.70. The molecule has 2 rings (SSSR count). The second-order valence-corrected chi connectivity index (χ2v) is 4.78. The predicted molar refractivity (Wildman–Crippen MR) is 76.3 cm³/mol. The number of hydrogen-bond acceptors (Lipinski definition) is 4. The molecular formula is C14H16N2OS. The molecule has 1 aromatic heterocycles. The van der Waals surface area contributed by atoms with Crippen molar-refractivity contribution in [2.24, 2.45) is 0 Å². The third-order valence-corrected chi connectivity index (χ3v) is 3.61. The molecule has 94 valence electrons. The van der Waals surface area contributed by atoms with Crippen LogP contribution in [-0.2, 0) is 5.75 Å². The number of aromatic nitrogens is 1. The average Bonchev–Trinajstić information content (AvgIpc) is 2.45. The summed E-state index contributed by atoms with van der Waals surface area (Å²) in [6.07, 6.45) is 1.80. The van der Waals surface area contributed by atoms with Crippen molar-refractivity contribution >= 4 is 17.6 Å². The van der Waals surface area contributed by atoms with Gasteiger partial charge in [-0.25, -0.2) is 4.98 Å². The van der Waals surface area contributed by atoms with Gasteiger partial charge in [-0.05, 0) is 24.3 Å². The SMILES string of the molecule is CNc1ncccc1CSc1cccc(OC)c1. The molecule has 1 heterocycles. The number of anilines is 1. The molecule has 0 amide bonds. The zero-order valence-electron chi connectivity index (χ0n) is 10.5. The van der Waals surface area contributed by atoms with Crippen LogP contribution in [0, 0.1) is 0 Å². The summed E-state index contributed by atoms with van der Waals surface area (Å²) in [5.74, 6) is 2.71. The van der Waals surface area contributed by atoms with Crippen LogP contribution in [-0.4, -0.2) is 19.1 Å². The number of ether oxygens (including phenoxy) is 1. The number of nitrogens with zero attached hydrogens (tertiary/aromatic N) is 1. The molecule has 0 aliphatic carbocycles. The van der Waals surface area contributed by atoms with Gasteiger partial charge in [-0.3, -0.25) is 0 Å². The second-order valence-electron chi connectivity index (χ2n) is 3.73. The normalized spacial score (nSPS) is 10.1. The van der Waals surface area contributed by atoms with Crippen molar-refractivity contribution in [3.8, 4) is 5.75 Å². The maximum atomic E-state index is 5.21. The molecule has 0 spiro atoms. The molecule has 2 aromatic rings. The van der Waals surface area contributed by atoms with E-state index in [4.69, 9.17) is 4.74 Å². The summed E-state index contributed by atoms with van der Waals surface area (Å²) in [7, 11) is 3.58. The van der Waals surface area contributed by atoms with Crippen LogP contribution in [0.4, 0.5) is 5.82 Å². The van der Waals surface area contributed by atoms with Crippen LogP contribution in [0.2, 0.25) is 0 Å². The van der Waals surface area contributed by atoms with Gasteiger partial charge >= 0.3 is 0 Å². The van der Waals surface area contributed by atoms with Gasteiger partial charge in [-0.15, -0.1) is 11.8 Å². The molecular weight excluding hydrogens is 244 g/mol. The number of benzene rings is 1. The van der Waals surface area contributed by atoms with Crippen LogP contribution in [0.25, 0.3) is 0 Å². The van der Waals surface area contributed by atoms with Gasteiger partial charge in [0.05, 0.1) is 7.11 Å². The summed E-state index contributed by atoms with van der Waals surface area (Å²) in [5, 5.41) is 3.11. The van der Waals surface area contributed by atoms with Crippen molar-refractivity contribution in [3.63, 3.8) is 0 Å². The van der Waals surface area contributed by atoms with E-state index in [2.05, 4.69) is 22.4 Å². The smallest absolute Gasteiger partial charge is 0.129 e. The molecule has 0 bridgehead atoms. The fourth-order valence-electron chi connectivity index (χ4n) is 1.63. The van der Waals surface area contributed by atoms with Crippen molar-refractivity contribution in [1.82, 2.24) is 4.98 Å². The Morgan fingerprint density at radius 2 is 2.17 bits per heavy atom. The van der Waals surface area contributed by atoms with Gasteiger partial charge in [-0.2, -0.15) is 0 Å². The lowest BCUT2D eigenvalue weighted by Gasteiger charge is -2.08. The Balaban J connectivity index is 2.06. The highest BCUT2D eigenvalue weighted by Gasteiger charge is 2.03. The minimum Gasteiger partial charge on any atom is -0.497 e. The number of thioether (sulfide) groups is 1. The molecule has 0 saturated heterocycles. The topological polar surface area (TPSA) is 34.2 Å². The molecule has 0 aliphatic rings. The lowest BCUT2D eigenvalue weighted by atomic mass is 10.3. The Hall–Kier alpha value is -1.68. The molecule has 0 fully saturated rings. The number of methoxy groups -OCH3 is 1. The van der Waals surface area contributed by atoms with Crippen LogP contribution in [0.5, 0.6) is 5.75 Å². The largest absolute Gasteiger partial charge is 0.497 e. The van der Waals surface area contributed by atoms with E-state index in [-0.39, 0.29) is 0 Å². The molecule has 0 saturated carbocycles. The first-order valence-electron chi connectivity index (χ1n) is 5.72. The lowest BCUT2D eigenvalue weighted by Crippen LogP contribution is -1.96. The molecule has 0 aliphatic heterocycles. The molecule has 0 atom stereocenters. The van der Waals surface area contributed by atoms with Crippen LogP contribution in [0.15, 0.2) is 47.5 Å². The van der Waals surface area contributed by atoms with Crippen LogP contribution >= 0.6 is 11.8 Å². The standard InChI is InChI=1S/C14H16N2OS/c1-15-14-11(5-4-8-16-14)10-18-13-7-3-6-12(9-13)17-2/h3-9H,10H2,1-2H3,(H,15,16). The Morgan fingerprint density at radius 3 is 2.94 bits per heavy atom. The highest BCUT2D eigenvalue weighted by Crippen LogP contribution is 2.27. The summed E-state index contributed by atoms with van der Waals surface area (Å²) in [4.78, 5) is 5.49. The number of rotatable bonds is 5. The Kier molecular flexibility index (Phi) is 4.47. The second kappa shape index (κ2) is 6.31. The van der Waals surface area contributed by atoms with E-state index in [0.717, 1.165) is 17.3 Å². The van der Waals surface area contributed by atoms with Gasteiger partial charge in [0, 0.05) is 29.5 Å². The monoisotopic (exact) mass is 260 g/mol. The summed E-state index contributed by atoms with van der Waals surface area (Å²) >= 11 is 1.77. The quantitative estimate of drug-likeness (QED) is 0.835. The summed E-state index contributed by atoms with van der Waals surface area (Å²) in [5.41, 5.74) is 1.20. The first-order chi connectivity index (χ1) is 8.83. The van der Waals surface area contributed by atoms with Crippen LogP contribution in [0.1, 0.15) is 5.56 Å². The zero-order valence-corrected chi connectivity index (χ0v) is 11.3. The number of nitrogens with one attached hydrogen (secondary N) is 1. The van der Waals surface area contributed by atoms with E-state index in [1.165, 1.54) is 10.5 Å². The number of pyridine rings is 1. The van der Waals surface area contributed by atoms with E-state index in [1.807, 2.05) is 31.3 Å². The third-order valence-electron chi connectivity index (χ3n) is 2.56. The molecule has 0 unspecified atom stereocenters. The maximum Gasteiger partial charge on any atom is 0.129 e. The predicted octanol–water partition coefficient (Wildman–Crippen LogP) is 3.42. The first kappa shape index (κ1) is 12.8. The highest BCUT2D eigenvalue weighted by atomic mass is 32.2. The van der Waals surface area contributed by atoms with Gasteiger partial charge in [0.2, 0.25) is 0 Å². The minimum atomic E-state index is 0.886. The lowest BCUT2D eigenvalue weighted by molar-refractivity contribution is 0.413. The van der Waals surface area contributed by atoms with E-state index >= 15 is 0 Å². The summed E-state index contributed by atoms with van der Waals surface area (Å²) in [6, 6.07) is 12.1. The van der Waals surface area contributed by atoms with E-state index < -0.39 is 0 Å². The van der Waals surface area contributed by atoms with Crippen molar-refractivity contribution < 1.29 is 4.74 Å². The molecule has 0 radical (unpaired) electrons. The molecule has 3 nitrogen and oxygen atoms in total. The Labute approximate surface area is 112 Å². The number of hydrogen-bond donors (Lipinski definition) is 1. The maximum absolute atomic E-state index is 5.21. The van der Waals surface area contributed by atoms with Crippen molar-refractivity contribution in [2.75, 3.05) is 19.5 Å². The zero-order chi connectivity index (χ0) is 12.8. The highest BCUT2D eigenvalue weighted by molar-refractivity contribution is 7.98. The van der Waals surface area contributed by atoms with Gasteiger partial charge in [0.25, 0.3) is 0 Å². The van der Waals surface area contributed by atoms with E-state index in [1.54, 1.807) is 25.1 Å². The molecule has 4 heteroatoms. The summed E-state index contributed by atoms with van der Waals surface area (Å²) < 4.78 is 5.21. The molecule has 1 aromatic carbocycles. The molecule has 1 N–H and O–H groups in total. The van der Waals surface area contributed by atoms with Crippen molar-refractivity contribution in [3.05, 3.63) is 48.2 Å². The fraction of sp³-hybridized carbons (Fsp3) is 0.214. The Morgan fingerprint density at radius 1 is 1.28 bits per heavy atom. The average molecular weight is 260 g/mol. The minimum absolute atomic E-state index is 0.886. The van der Waals surface area contributed by atoms with Crippen molar-refractivity contribution in [1.29, 1.82) is 0 Å². The van der Waals surface area contributed by atoms with Crippen LogP contribution < -0.4 is 10.1 Å². The van der Waals surface area contributed by atoms with Gasteiger partial charge in [-0.1, -0.05) is 12.1 Å². The van der Waals surface area contributed by atoms with Gasteiger partial charge in [0.1, 0.15) is 11.6 Å². The molecule has 18 heavy (non-hydrogen) atoms. The van der Waals surface area contributed by atoms with Gasteiger partial charge in [0.15, 0.2) is 0 Å². The fourth-order valence-corrected chi connectivity index (χ4v) is 2.56. The summed E-state index contributed by atoms with van der Waals surface area (Å²) in [6.45, 7) is 0.